The molecule has 0 bridgehead atoms. The summed E-state index contributed by atoms with van der Waals surface area (Å²) in [6.45, 7) is 0. The van der Waals surface area contributed by atoms with E-state index in [1.54, 1.807) is 24.5 Å². The van der Waals surface area contributed by atoms with Crippen LogP contribution in [0.15, 0.2) is 48.9 Å². The monoisotopic (exact) mass is 330 g/mol. The van der Waals surface area contributed by atoms with Gasteiger partial charge in [0.25, 0.3) is 5.91 Å². The third-order valence-electron chi connectivity index (χ3n) is 4.87. The molecule has 0 spiro atoms. The molecule has 0 unspecified atom stereocenters. The summed E-state index contributed by atoms with van der Waals surface area (Å²) >= 11 is 0. The molecule has 1 saturated carbocycles. The van der Waals surface area contributed by atoms with Crippen LogP contribution in [0.4, 0.5) is 5.69 Å². The minimum absolute atomic E-state index is 0.185. The number of hydrogen-bond acceptors (Lipinski definition) is 3. The van der Waals surface area contributed by atoms with Gasteiger partial charge >= 0.3 is 0 Å². The van der Waals surface area contributed by atoms with Crippen LogP contribution in [0.25, 0.3) is 10.9 Å². The fourth-order valence-electron chi connectivity index (χ4n) is 3.61. The van der Waals surface area contributed by atoms with Crippen LogP contribution in [0.1, 0.15) is 47.6 Å². The van der Waals surface area contributed by atoms with Gasteiger partial charge < -0.3 is 9.88 Å². The average Bonchev–Trinajstić information content (AvgIpc) is 3.29. The quantitative estimate of drug-likeness (QED) is 0.779. The summed E-state index contributed by atoms with van der Waals surface area (Å²) in [6, 6.07) is 11.9. The first-order chi connectivity index (χ1) is 12.3. The Bertz CT molecular complexity index is 963. The number of carbonyl (C=O) groups excluding carboxylic acids is 1. The molecule has 1 aliphatic carbocycles. The lowest BCUT2D eigenvalue weighted by Gasteiger charge is -2.13. The average molecular weight is 330 g/mol. The number of amides is 1. The summed E-state index contributed by atoms with van der Waals surface area (Å²) in [5, 5.41) is 13.3. The van der Waals surface area contributed by atoms with E-state index in [-0.39, 0.29) is 5.91 Å². The maximum atomic E-state index is 12.3. The number of benzene rings is 1. The normalized spacial score (nSPS) is 14.5. The summed E-state index contributed by atoms with van der Waals surface area (Å²) in [6.07, 6.45) is 9.94. The molecule has 0 aliphatic heterocycles. The highest BCUT2D eigenvalue weighted by Crippen LogP contribution is 2.35. The number of pyridine rings is 1. The number of fused-ring (bicyclic) bond motifs is 1. The van der Waals surface area contributed by atoms with Crippen LogP contribution < -0.4 is 5.32 Å². The smallest absolute Gasteiger partial charge is 0.255 e. The summed E-state index contributed by atoms with van der Waals surface area (Å²) < 4.78 is 2.23. The van der Waals surface area contributed by atoms with E-state index in [9.17, 15) is 10.1 Å². The molecule has 1 aliphatic rings. The highest BCUT2D eigenvalue weighted by molar-refractivity contribution is 6.05. The molecule has 0 atom stereocenters. The Kier molecular flexibility index (Phi) is 3.95. The van der Waals surface area contributed by atoms with Gasteiger partial charge in [0, 0.05) is 46.8 Å². The van der Waals surface area contributed by atoms with Crippen molar-refractivity contribution in [3.8, 4) is 6.07 Å². The molecule has 2 aromatic heterocycles. The first-order valence-corrected chi connectivity index (χ1v) is 8.52. The summed E-state index contributed by atoms with van der Waals surface area (Å²) in [4.78, 5) is 16.2. The van der Waals surface area contributed by atoms with Gasteiger partial charge in [-0.2, -0.15) is 5.26 Å². The minimum Gasteiger partial charge on any atom is -0.343 e. The topological polar surface area (TPSA) is 70.7 Å². The Morgan fingerprint density at radius 2 is 1.96 bits per heavy atom. The SMILES string of the molecule is N#Cc1cn(C2CCCC2)c2ccc(NC(=O)c3ccncc3)cc12. The largest absolute Gasteiger partial charge is 0.343 e. The van der Waals surface area contributed by atoms with Gasteiger partial charge in [-0.15, -0.1) is 0 Å². The fraction of sp³-hybridized carbons (Fsp3) is 0.250. The maximum absolute atomic E-state index is 12.3. The molecule has 4 rings (SSSR count). The van der Waals surface area contributed by atoms with Crippen LogP contribution in [-0.4, -0.2) is 15.5 Å². The van der Waals surface area contributed by atoms with Crippen LogP contribution in [0.3, 0.4) is 0 Å². The van der Waals surface area contributed by atoms with Crippen molar-refractivity contribution in [2.24, 2.45) is 0 Å². The first-order valence-electron chi connectivity index (χ1n) is 8.52. The van der Waals surface area contributed by atoms with E-state index >= 15 is 0 Å². The second-order valence-corrected chi connectivity index (χ2v) is 6.42. The van der Waals surface area contributed by atoms with Crippen LogP contribution >= 0.6 is 0 Å². The number of carbonyl (C=O) groups is 1. The van der Waals surface area contributed by atoms with Gasteiger partial charge in [-0.3, -0.25) is 9.78 Å². The molecule has 124 valence electrons. The van der Waals surface area contributed by atoms with Crippen molar-refractivity contribution in [1.29, 1.82) is 5.26 Å². The van der Waals surface area contributed by atoms with Gasteiger partial charge in [-0.1, -0.05) is 12.8 Å². The Morgan fingerprint density at radius 3 is 2.68 bits per heavy atom. The predicted molar refractivity (Wildman–Crippen MR) is 96.3 cm³/mol. The molecular formula is C20H18N4O. The molecule has 0 radical (unpaired) electrons. The molecule has 3 aromatic rings. The Hall–Kier alpha value is -3.13. The second kappa shape index (κ2) is 6.40. The third kappa shape index (κ3) is 2.87. The number of nitriles is 1. The molecule has 1 aromatic carbocycles. The number of nitrogens with zero attached hydrogens (tertiary/aromatic N) is 3. The second-order valence-electron chi connectivity index (χ2n) is 6.42. The van der Waals surface area contributed by atoms with Gasteiger partial charge in [-0.05, 0) is 43.2 Å². The zero-order valence-electron chi connectivity index (χ0n) is 13.8. The Morgan fingerprint density at radius 1 is 1.20 bits per heavy atom. The van der Waals surface area contributed by atoms with Crippen molar-refractivity contribution in [3.63, 3.8) is 0 Å². The van der Waals surface area contributed by atoms with Crippen LogP contribution in [0.2, 0.25) is 0 Å². The van der Waals surface area contributed by atoms with Gasteiger partial charge in [-0.25, -0.2) is 0 Å². The Labute approximate surface area is 145 Å². The molecule has 1 N–H and O–H groups in total. The van der Waals surface area contributed by atoms with Crippen molar-refractivity contribution in [1.82, 2.24) is 9.55 Å². The lowest BCUT2D eigenvalue weighted by molar-refractivity contribution is 0.102. The van der Waals surface area contributed by atoms with Crippen molar-refractivity contribution in [2.75, 3.05) is 5.32 Å². The molecule has 5 heteroatoms. The van der Waals surface area contributed by atoms with E-state index in [0.29, 0.717) is 22.9 Å². The maximum Gasteiger partial charge on any atom is 0.255 e. The molecule has 1 amide bonds. The summed E-state index contributed by atoms with van der Waals surface area (Å²) in [7, 11) is 0. The number of aromatic nitrogens is 2. The van der Waals surface area contributed by atoms with Crippen molar-refractivity contribution in [2.45, 2.75) is 31.7 Å². The fourth-order valence-corrected chi connectivity index (χ4v) is 3.61. The van der Waals surface area contributed by atoms with E-state index < -0.39 is 0 Å². The predicted octanol–water partition coefficient (Wildman–Crippen LogP) is 4.28. The van der Waals surface area contributed by atoms with Gasteiger partial charge in [0.05, 0.1) is 5.56 Å². The van der Waals surface area contributed by atoms with Gasteiger partial charge in [0.1, 0.15) is 6.07 Å². The lowest BCUT2D eigenvalue weighted by Crippen LogP contribution is -2.11. The van der Waals surface area contributed by atoms with E-state index in [1.165, 1.54) is 12.8 Å². The molecule has 2 heterocycles. The minimum atomic E-state index is -0.185. The van der Waals surface area contributed by atoms with Crippen LogP contribution in [0.5, 0.6) is 0 Å². The molecule has 25 heavy (non-hydrogen) atoms. The van der Waals surface area contributed by atoms with Gasteiger partial charge in [0.2, 0.25) is 0 Å². The molecule has 1 fully saturated rings. The van der Waals surface area contributed by atoms with Crippen molar-refractivity contribution < 1.29 is 4.79 Å². The first kappa shape index (κ1) is 15.4. The lowest BCUT2D eigenvalue weighted by atomic mass is 10.1. The highest BCUT2D eigenvalue weighted by atomic mass is 16.1. The van der Waals surface area contributed by atoms with Crippen LogP contribution in [-0.2, 0) is 0 Å². The Balaban J connectivity index is 1.68. The number of nitrogens with one attached hydrogen (secondary N) is 1. The van der Waals surface area contributed by atoms with Crippen molar-refractivity contribution in [3.05, 3.63) is 60.0 Å². The molecular weight excluding hydrogens is 312 g/mol. The third-order valence-corrected chi connectivity index (χ3v) is 4.87. The zero-order chi connectivity index (χ0) is 17.2. The summed E-state index contributed by atoms with van der Waals surface area (Å²) in [5.41, 5.74) is 2.96. The number of anilines is 1. The van der Waals surface area contributed by atoms with E-state index in [2.05, 4.69) is 20.9 Å². The molecule has 0 saturated heterocycles. The highest BCUT2D eigenvalue weighted by Gasteiger charge is 2.20. The standard InChI is InChI=1S/C20H18N4O/c21-12-15-13-24(17-3-1-2-4-17)19-6-5-16(11-18(15)19)23-20(25)14-7-9-22-10-8-14/h5-11,13,17H,1-4H2,(H,23,25). The van der Waals surface area contributed by atoms with Gasteiger partial charge in [0.15, 0.2) is 0 Å². The van der Waals surface area contributed by atoms with E-state index in [4.69, 9.17) is 0 Å². The van der Waals surface area contributed by atoms with Crippen LogP contribution in [0, 0.1) is 11.3 Å². The van der Waals surface area contributed by atoms with Crippen molar-refractivity contribution >= 4 is 22.5 Å². The number of rotatable bonds is 3. The number of hydrogen-bond donors (Lipinski definition) is 1. The summed E-state index contributed by atoms with van der Waals surface area (Å²) in [5.74, 6) is -0.185. The van der Waals surface area contributed by atoms with E-state index in [1.807, 2.05) is 24.4 Å². The molecule has 5 nitrogen and oxygen atoms in total. The van der Waals surface area contributed by atoms with E-state index in [0.717, 1.165) is 23.7 Å². The zero-order valence-corrected chi connectivity index (χ0v) is 13.8.